The maximum Gasteiger partial charge on any atom is 0.337 e. The van der Waals surface area contributed by atoms with Crippen LogP contribution >= 0.6 is 0 Å². The smallest absolute Gasteiger partial charge is 0.337 e. The summed E-state index contributed by atoms with van der Waals surface area (Å²) < 4.78 is 9.79. The third kappa shape index (κ3) is 3.48. The van der Waals surface area contributed by atoms with Crippen molar-refractivity contribution in [1.82, 2.24) is 0 Å². The molecule has 1 atom stereocenters. The van der Waals surface area contributed by atoms with Crippen LogP contribution in [0.3, 0.4) is 0 Å². The molecule has 0 aliphatic heterocycles. The Morgan fingerprint density at radius 3 is 2.20 bits per heavy atom. The van der Waals surface area contributed by atoms with E-state index in [9.17, 15) is 9.59 Å². The molecule has 0 saturated heterocycles. The maximum atomic E-state index is 11.9. The second-order valence-electron chi connectivity index (χ2n) is 5.26. The van der Waals surface area contributed by atoms with Crippen LogP contribution in [0.1, 0.15) is 24.2 Å². The van der Waals surface area contributed by atoms with E-state index < -0.39 is 8.07 Å². The highest BCUT2D eigenvalue weighted by molar-refractivity contribution is 6.93. The monoisotopic (exact) mass is 294 g/mol. The van der Waals surface area contributed by atoms with E-state index in [1.165, 1.54) is 7.11 Å². The highest BCUT2D eigenvalue weighted by Gasteiger charge is 2.36. The van der Waals surface area contributed by atoms with Crippen LogP contribution in [0.25, 0.3) is 0 Å². The van der Waals surface area contributed by atoms with Gasteiger partial charge in [-0.3, -0.25) is 4.79 Å². The molecular weight excluding hydrogens is 272 g/mol. The minimum atomic E-state index is -1.98. The lowest BCUT2D eigenvalue weighted by Gasteiger charge is -2.28. The predicted octanol–water partition coefficient (Wildman–Crippen LogP) is 2.34. The van der Waals surface area contributed by atoms with Crippen molar-refractivity contribution in [1.29, 1.82) is 0 Å². The second kappa shape index (κ2) is 6.70. The second-order valence-corrected chi connectivity index (χ2v) is 10.2. The van der Waals surface area contributed by atoms with Gasteiger partial charge in [0.25, 0.3) is 0 Å². The molecule has 0 spiro atoms. The number of hydrogen-bond donors (Lipinski definition) is 0. The lowest BCUT2D eigenvalue weighted by molar-refractivity contribution is -0.142. The first kappa shape index (κ1) is 16.4. The van der Waals surface area contributed by atoms with Gasteiger partial charge in [0, 0.05) is 0 Å². The minimum absolute atomic E-state index is 0.133. The Balaban J connectivity index is 2.97. The Kier molecular flexibility index (Phi) is 5.50. The normalized spacial score (nSPS) is 12.7. The molecule has 0 aliphatic carbocycles. The Bertz CT molecular complexity index is 479. The highest BCUT2D eigenvalue weighted by Crippen LogP contribution is 2.23. The van der Waals surface area contributed by atoms with Crippen molar-refractivity contribution < 1.29 is 19.1 Å². The molecule has 0 fully saturated rings. The highest BCUT2D eigenvalue weighted by atomic mass is 28.3. The van der Waals surface area contributed by atoms with Crippen molar-refractivity contribution in [3.05, 3.63) is 29.8 Å². The largest absolute Gasteiger partial charge is 0.466 e. The van der Waals surface area contributed by atoms with Crippen LogP contribution in [-0.2, 0) is 14.3 Å². The quantitative estimate of drug-likeness (QED) is 0.618. The number of hydrogen-bond acceptors (Lipinski definition) is 4. The molecule has 0 radical (unpaired) electrons. The van der Waals surface area contributed by atoms with E-state index in [0.29, 0.717) is 12.2 Å². The number of ether oxygens (including phenoxy) is 2. The van der Waals surface area contributed by atoms with Gasteiger partial charge in [-0.2, -0.15) is 0 Å². The zero-order valence-electron chi connectivity index (χ0n) is 12.7. The summed E-state index contributed by atoms with van der Waals surface area (Å²) >= 11 is 0. The molecular formula is C15H22O4Si. The van der Waals surface area contributed by atoms with Gasteiger partial charge in [-0.1, -0.05) is 37.3 Å². The summed E-state index contributed by atoms with van der Waals surface area (Å²) in [7, 11) is -0.619. The molecule has 4 nitrogen and oxygen atoms in total. The summed E-state index contributed by atoms with van der Waals surface area (Å²) in [4.78, 5) is 23.3. The van der Waals surface area contributed by atoms with E-state index in [0.717, 1.165) is 5.19 Å². The number of rotatable bonds is 5. The molecule has 0 bridgehead atoms. The van der Waals surface area contributed by atoms with Gasteiger partial charge >= 0.3 is 11.9 Å². The van der Waals surface area contributed by atoms with Crippen LogP contribution < -0.4 is 5.19 Å². The fraction of sp³-hybridized carbons (Fsp3) is 0.467. The van der Waals surface area contributed by atoms with Gasteiger partial charge in [0.05, 0.1) is 32.9 Å². The number of carbonyl (C=O) groups is 2. The van der Waals surface area contributed by atoms with Crippen molar-refractivity contribution in [3.8, 4) is 0 Å². The molecule has 1 rings (SSSR count). The Hall–Kier alpha value is -1.62. The van der Waals surface area contributed by atoms with E-state index >= 15 is 0 Å². The third-order valence-corrected chi connectivity index (χ3v) is 7.99. The lowest BCUT2D eigenvalue weighted by atomic mass is 10.2. The Morgan fingerprint density at radius 2 is 1.75 bits per heavy atom. The molecule has 0 amide bonds. The van der Waals surface area contributed by atoms with Gasteiger partial charge in [0.15, 0.2) is 0 Å². The average Bonchev–Trinajstić information content (AvgIpc) is 2.45. The van der Waals surface area contributed by atoms with Crippen molar-refractivity contribution in [2.45, 2.75) is 32.5 Å². The Labute approximate surface area is 121 Å². The van der Waals surface area contributed by atoms with Crippen LogP contribution in [0, 0.1) is 0 Å². The predicted molar refractivity (Wildman–Crippen MR) is 81.0 cm³/mol. The molecule has 0 aliphatic rings. The molecule has 20 heavy (non-hydrogen) atoms. The molecule has 0 heterocycles. The zero-order chi connectivity index (χ0) is 15.3. The van der Waals surface area contributed by atoms with Crippen molar-refractivity contribution >= 4 is 25.2 Å². The zero-order valence-corrected chi connectivity index (χ0v) is 13.7. The summed E-state index contributed by atoms with van der Waals surface area (Å²) in [5.41, 5.74) is 0.385. The SMILES string of the molecule is CCOC(=O)C(C)[Si](C)(C)c1ccc(C(=O)OC)cc1. The summed E-state index contributed by atoms with van der Waals surface area (Å²) in [6, 6.07) is 7.31. The van der Waals surface area contributed by atoms with Gasteiger partial charge in [-0.25, -0.2) is 4.79 Å². The van der Waals surface area contributed by atoms with Crippen LogP contribution in [0.15, 0.2) is 24.3 Å². The molecule has 5 heteroatoms. The van der Waals surface area contributed by atoms with Crippen molar-refractivity contribution in [2.24, 2.45) is 0 Å². The topological polar surface area (TPSA) is 52.6 Å². The standard InChI is InChI=1S/C15H22O4Si/c1-6-19-14(16)11(2)20(4,5)13-9-7-12(8-10-13)15(17)18-3/h7-11H,6H2,1-5H3. The molecule has 0 saturated carbocycles. The molecule has 1 aromatic rings. The van der Waals surface area contributed by atoms with Crippen molar-refractivity contribution in [3.63, 3.8) is 0 Å². The molecule has 1 aromatic carbocycles. The van der Waals surface area contributed by atoms with E-state index in [-0.39, 0.29) is 17.5 Å². The number of methoxy groups -OCH3 is 1. The summed E-state index contributed by atoms with van der Waals surface area (Å²) in [5.74, 6) is -0.504. The fourth-order valence-corrected chi connectivity index (χ4v) is 4.16. The third-order valence-electron chi connectivity index (χ3n) is 3.77. The van der Waals surface area contributed by atoms with E-state index in [1.54, 1.807) is 12.1 Å². The first-order valence-corrected chi connectivity index (χ1v) is 9.77. The first-order valence-electron chi connectivity index (χ1n) is 6.70. The number of esters is 2. The van der Waals surface area contributed by atoms with Crippen LogP contribution in [0.2, 0.25) is 18.6 Å². The summed E-state index contributed by atoms with van der Waals surface area (Å²) in [6.45, 7) is 8.38. The fourth-order valence-electron chi connectivity index (χ4n) is 1.97. The van der Waals surface area contributed by atoms with Crippen LogP contribution in [-0.4, -0.2) is 33.7 Å². The van der Waals surface area contributed by atoms with Gasteiger partial charge in [0.1, 0.15) is 0 Å². The van der Waals surface area contributed by atoms with Crippen LogP contribution in [0.4, 0.5) is 0 Å². The molecule has 0 aromatic heterocycles. The van der Waals surface area contributed by atoms with Gasteiger partial charge in [-0.05, 0) is 19.1 Å². The molecule has 0 N–H and O–H groups in total. The van der Waals surface area contributed by atoms with Gasteiger partial charge in [-0.15, -0.1) is 0 Å². The maximum absolute atomic E-state index is 11.9. The summed E-state index contributed by atoms with van der Waals surface area (Å²) in [5, 5.41) is 1.12. The van der Waals surface area contributed by atoms with Gasteiger partial charge in [0.2, 0.25) is 0 Å². The lowest BCUT2D eigenvalue weighted by Crippen LogP contribution is -2.48. The first-order chi connectivity index (χ1) is 9.34. The molecule has 1 unspecified atom stereocenters. The summed E-state index contributed by atoms with van der Waals surface area (Å²) in [6.07, 6.45) is 0. The van der Waals surface area contributed by atoms with E-state index in [4.69, 9.17) is 4.74 Å². The number of benzene rings is 1. The van der Waals surface area contributed by atoms with Crippen LogP contribution in [0.5, 0.6) is 0 Å². The molecule has 110 valence electrons. The number of carbonyl (C=O) groups excluding carboxylic acids is 2. The average molecular weight is 294 g/mol. The van der Waals surface area contributed by atoms with E-state index in [1.807, 2.05) is 26.0 Å². The Morgan fingerprint density at radius 1 is 1.20 bits per heavy atom. The van der Waals surface area contributed by atoms with E-state index in [2.05, 4.69) is 17.8 Å². The van der Waals surface area contributed by atoms with Crippen molar-refractivity contribution in [2.75, 3.05) is 13.7 Å². The van der Waals surface area contributed by atoms with Gasteiger partial charge < -0.3 is 9.47 Å². The minimum Gasteiger partial charge on any atom is -0.466 e.